The summed E-state index contributed by atoms with van der Waals surface area (Å²) in [5.74, 6) is -0.372. The van der Waals surface area contributed by atoms with Crippen LogP contribution in [0.5, 0.6) is 0 Å². The van der Waals surface area contributed by atoms with Gasteiger partial charge < -0.3 is 16.4 Å². The van der Waals surface area contributed by atoms with Crippen LogP contribution in [-0.2, 0) is 0 Å². The van der Waals surface area contributed by atoms with E-state index in [1.807, 2.05) is 13.0 Å². The molecular weight excluding hydrogens is 293 g/mol. The van der Waals surface area contributed by atoms with Gasteiger partial charge in [0.25, 0.3) is 0 Å². The Kier molecular flexibility index (Phi) is 4.65. The number of carbonyl (C=O) groups excluding carboxylic acids is 1. The lowest BCUT2D eigenvalue weighted by Gasteiger charge is -2.17. The normalized spacial score (nSPS) is 11.8. The average molecular weight is 308 g/mol. The quantitative estimate of drug-likeness (QED) is 0.794. The number of nitrogens with one attached hydrogen (secondary N) is 2. The van der Waals surface area contributed by atoms with E-state index in [-0.39, 0.29) is 11.9 Å². The maximum absolute atomic E-state index is 13.1. The number of amides is 2. The molecule has 0 heterocycles. The lowest BCUT2D eigenvalue weighted by atomic mass is 10.1. The van der Waals surface area contributed by atoms with Gasteiger partial charge >= 0.3 is 6.03 Å². The third kappa shape index (κ3) is 4.10. The van der Waals surface area contributed by atoms with Crippen molar-refractivity contribution in [2.75, 3.05) is 10.6 Å². The predicted octanol–water partition coefficient (Wildman–Crippen LogP) is 4.14. The molecule has 0 aliphatic carbocycles. The Morgan fingerprint density at radius 1 is 1.24 bits per heavy atom. The number of hydrogen-bond donors (Lipinski definition) is 3. The van der Waals surface area contributed by atoms with E-state index in [1.54, 1.807) is 24.3 Å². The molecule has 2 rings (SSSR count). The molecule has 1 unspecified atom stereocenters. The highest BCUT2D eigenvalue weighted by molar-refractivity contribution is 6.31. The van der Waals surface area contributed by atoms with Gasteiger partial charge in [0.2, 0.25) is 0 Å². The molecule has 4 N–H and O–H groups in total. The number of anilines is 2. The minimum absolute atomic E-state index is 0.123. The van der Waals surface area contributed by atoms with Gasteiger partial charge in [-0.1, -0.05) is 23.7 Å². The van der Waals surface area contributed by atoms with Crippen LogP contribution in [0.25, 0.3) is 0 Å². The number of urea groups is 1. The molecule has 0 aliphatic rings. The molecule has 1 atom stereocenters. The fraction of sp³-hybridized carbons (Fsp3) is 0.133. The maximum atomic E-state index is 13.1. The molecule has 0 aromatic heterocycles. The topological polar surface area (TPSA) is 67.2 Å². The Bertz CT molecular complexity index is 663. The van der Waals surface area contributed by atoms with Gasteiger partial charge in [-0.25, -0.2) is 9.18 Å². The number of benzene rings is 2. The number of primary amides is 1. The average Bonchev–Trinajstić information content (AvgIpc) is 2.37. The van der Waals surface area contributed by atoms with Crippen LogP contribution in [0, 0.1) is 5.82 Å². The molecule has 0 fully saturated rings. The molecule has 110 valence electrons. The van der Waals surface area contributed by atoms with Crippen LogP contribution >= 0.6 is 11.6 Å². The summed E-state index contributed by atoms with van der Waals surface area (Å²) in [5.41, 5.74) is 7.24. The van der Waals surface area contributed by atoms with Crippen LogP contribution in [-0.4, -0.2) is 6.03 Å². The first-order chi connectivity index (χ1) is 9.95. The van der Waals surface area contributed by atoms with Crippen molar-refractivity contribution in [3.8, 4) is 0 Å². The second kappa shape index (κ2) is 6.45. The molecule has 2 aromatic rings. The fourth-order valence-electron chi connectivity index (χ4n) is 2.01. The molecule has 0 aliphatic heterocycles. The Hall–Kier alpha value is -2.27. The molecule has 2 aromatic carbocycles. The molecule has 0 bridgehead atoms. The van der Waals surface area contributed by atoms with E-state index < -0.39 is 6.03 Å². The zero-order valence-electron chi connectivity index (χ0n) is 11.4. The van der Waals surface area contributed by atoms with Gasteiger partial charge in [0.05, 0.1) is 0 Å². The second-order valence-corrected chi connectivity index (χ2v) is 5.01. The molecule has 0 saturated carbocycles. The minimum Gasteiger partial charge on any atom is -0.378 e. The maximum Gasteiger partial charge on any atom is 0.316 e. The Labute approximate surface area is 127 Å². The lowest BCUT2D eigenvalue weighted by Crippen LogP contribution is -2.19. The highest BCUT2D eigenvalue weighted by Gasteiger charge is 2.10. The van der Waals surface area contributed by atoms with E-state index in [9.17, 15) is 9.18 Å². The predicted molar refractivity (Wildman–Crippen MR) is 83.1 cm³/mol. The Morgan fingerprint density at radius 2 is 1.95 bits per heavy atom. The summed E-state index contributed by atoms with van der Waals surface area (Å²) >= 11 is 6.04. The Balaban J connectivity index is 2.15. The summed E-state index contributed by atoms with van der Waals surface area (Å²) in [4.78, 5) is 10.8. The summed E-state index contributed by atoms with van der Waals surface area (Å²) < 4.78 is 13.1. The first kappa shape index (κ1) is 15.1. The summed E-state index contributed by atoms with van der Waals surface area (Å²) in [6.45, 7) is 1.91. The van der Waals surface area contributed by atoms with Crippen molar-refractivity contribution in [3.05, 3.63) is 58.9 Å². The van der Waals surface area contributed by atoms with Crippen molar-refractivity contribution in [1.29, 1.82) is 0 Å². The Morgan fingerprint density at radius 3 is 2.62 bits per heavy atom. The summed E-state index contributed by atoms with van der Waals surface area (Å²) in [6, 6.07) is 10.6. The summed E-state index contributed by atoms with van der Waals surface area (Å²) in [7, 11) is 0. The van der Waals surface area contributed by atoms with E-state index in [2.05, 4.69) is 10.6 Å². The van der Waals surface area contributed by atoms with Crippen LogP contribution in [0.3, 0.4) is 0 Å². The number of hydrogen-bond acceptors (Lipinski definition) is 2. The molecule has 6 heteroatoms. The van der Waals surface area contributed by atoms with Crippen LogP contribution in [0.1, 0.15) is 18.5 Å². The highest BCUT2D eigenvalue weighted by atomic mass is 35.5. The first-order valence-electron chi connectivity index (χ1n) is 6.33. The minimum atomic E-state index is -0.623. The van der Waals surface area contributed by atoms with Gasteiger partial charge in [0.15, 0.2) is 0 Å². The molecule has 0 spiro atoms. The number of rotatable bonds is 4. The van der Waals surface area contributed by atoms with Crippen LogP contribution in [0.4, 0.5) is 20.6 Å². The second-order valence-electron chi connectivity index (χ2n) is 4.60. The fourth-order valence-corrected chi connectivity index (χ4v) is 2.34. The van der Waals surface area contributed by atoms with Gasteiger partial charge in [-0.05, 0) is 42.8 Å². The number of nitrogens with two attached hydrogens (primary N) is 1. The number of carbonyl (C=O) groups is 1. The van der Waals surface area contributed by atoms with Crippen molar-refractivity contribution in [1.82, 2.24) is 0 Å². The van der Waals surface area contributed by atoms with Crippen molar-refractivity contribution in [2.24, 2.45) is 5.73 Å². The molecular formula is C15H15ClFN3O. The first-order valence-corrected chi connectivity index (χ1v) is 6.71. The van der Waals surface area contributed by atoms with Crippen molar-refractivity contribution >= 4 is 29.0 Å². The SMILES string of the molecule is CC(Nc1cccc(NC(N)=O)c1)c1ccc(F)cc1Cl. The van der Waals surface area contributed by atoms with Crippen molar-refractivity contribution in [3.63, 3.8) is 0 Å². The van der Waals surface area contributed by atoms with E-state index in [0.29, 0.717) is 10.7 Å². The zero-order chi connectivity index (χ0) is 15.4. The highest BCUT2D eigenvalue weighted by Crippen LogP contribution is 2.27. The van der Waals surface area contributed by atoms with Gasteiger partial charge in [-0.3, -0.25) is 0 Å². The van der Waals surface area contributed by atoms with E-state index >= 15 is 0 Å². The smallest absolute Gasteiger partial charge is 0.316 e. The third-order valence-corrected chi connectivity index (χ3v) is 3.27. The molecule has 0 radical (unpaired) electrons. The number of halogens is 2. The molecule has 0 saturated heterocycles. The van der Waals surface area contributed by atoms with E-state index in [1.165, 1.54) is 12.1 Å². The van der Waals surface area contributed by atoms with Crippen molar-refractivity contribution < 1.29 is 9.18 Å². The standard InChI is InChI=1S/C15H15ClFN3O/c1-9(13-6-5-10(17)7-14(13)16)19-11-3-2-4-12(8-11)20-15(18)21/h2-9,19H,1H3,(H3,18,20,21). The monoisotopic (exact) mass is 307 g/mol. The summed E-state index contributed by atoms with van der Waals surface area (Å²) in [6.07, 6.45) is 0. The van der Waals surface area contributed by atoms with Crippen molar-refractivity contribution in [2.45, 2.75) is 13.0 Å². The van der Waals surface area contributed by atoms with Gasteiger partial charge in [0, 0.05) is 22.4 Å². The van der Waals surface area contributed by atoms with Crippen LogP contribution in [0.2, 0.25) is 5.02 Å². The van der Waals surface area contributed by atoms with Gasteiger partial charge in [-0.2, -0.15) is 0 Å². The molecule has 21 heavy (non-hydrogen) atoms. The zero-order valence-corrected chi connectivity index (χ0v) is 12.1. The van der Waals surface area contributed by atoms with Gasteiger partial charge in [0.1, 0.15) is 5.82 Å². The van der Waals surface area contributed by atoms with E-state index in [4.69, 9.17) is 17.3 Å². The molecule has 2 amide bonds. The summed E-state index contributed by atoms with van der Waals surface area (Å²) in [5, 5.41) is 6.10. The van der Waals surface area contributed by atoms with Gasteiger partial charge in [-0.15, -0.1) is 0 Å². The van der Waals surface area contributed by atoms with Crippen LogP contribution in [0.15, 0.2) is 42.5 Å². The molecule has 4 nitrogen and oxygen atoms in total. The largest absolute Gasteiger partial charge is 0.378 e. The van der Waals surface area contributed by atoms with E-state index in [0.717, 1.165) is 11.3 Å². The third-order valence-electron chi connectivity index (χ3n) is 2.94. The lowest BCUT2D eigenvalue weighted by molar-refractivity contribution is 0.259. The van der Waals surface area contributed by atoms with Crippen LogP contribution < -0.4 is 16.4 Å².